The summed E-state index contributed by atoms with van der Waals surface area (Å²) in [5.41, 5.74) is 1.54. The maximum absolute atomic E-state index is 13.5. The first kappa shape index (κ1) is 14.2. The molecule has 0 amide bonds. The maximum Gasteiger partial charge on any atom is 0.131 e. The molecule has 0 unspecified atom stereocenters. The number of rotatable bonds is 5. The van der Waals surface area contributed by atoms with Crippen LogP contribution in [0.1, 0.15) is 26.3 Å². The molecule has 3 heteroatoms. The van der Waals surface area contributed by atoms with Crippen molar-refractivity contribution in [3.05, 3.63) is 40.2 Å². The lowest BCUT2D eigenvalue weighted by atomic mass is 10.1. The zero-order chi connectivity index (χ0) is 12.8. The van der Waals surface area contributed by atoms with Crippen molar-refractivity contribution in [2.24, 2.45) is 5.92 Å². The topological polar surface area (TPSA) is 12.0 Å². The number of hydrogen-bond acceptors (Lipinski definition) is 1. The summed E-state index contributed by atoms with van der Waals surface area (Å²) in [6, 6.07) is 4.74. The van der Waals surface area contributed by atoms with Crippen molar-refractivity contribution in [2.75, 3.05) is 13.1 Å². The Kier molecular flexibility index (Phi) is 5.66. The van der Waals surface area contributed by atoms with Gasteiger partial charge in [0.1, 0.15) is 5.82 Å². The maximum atomic E-state index is 13.5. The lowest BCUT2D eigenvalue weighted by molar-refractivity contribution is 0.572. The molecule has 0 aliphatic carbocycles. The second kappa shape index (κ2) is 6.77. The monoisotopic (exact) mass is 255 g/mol. The summed E-state index contributed by atoms with van der Waals surface area (Å²) in [5.74, 6) is 0.334. The minimum atomic E-state index is -0.277. The third-order valence-electron chi connectivity index (χ3n) is 2.35. The minimum Gasteiger partial charge on any atom is -0.313 e. The molecule has 0 atom stereocenters. The van der Waals surface area contributed by atoms with E-state index in [1.807, 2.05) is 6.92 Å². The fourth-order valence-corrected chi connectivity index (χ4v) is 1.72. The van der Waals surface area contributed by atoms with Crippen LogP contribution in [0.15, 0.2) is 23.8 Å². The van der Waals surface area contributed by atoms with Crippen LogP contribution in [0.4, 0.5) is 4.39 Å². The molecule has 0 heterocycles. The van der Waals surface area contributed by atoms with Gasteiger partial charge in [0.2, 0.25) is 0 Å². The highest BCUT2D eigenvalue weighted by atomic mass is 35.5. The summed E-state index contributed by atoms with van der Waals surface area (Å²) < 4.78 is 13.5. The zero-order valence-electron chi connectivity index (χ0n) is 10.6. The molecule has 1 rings (SSSR count). The molecular weight excluding hydrogens is 237 g/mol. The highest BCUT2D eigenvalue weighted by Gasteiger charge is 2.04. The van der Waals surface area contributed by atoms with Crippen LogP contribution in [-0.4, -0.2) is 13.1 Å². The summed E-state index contributed by atoms with van der Waals surface area (Å²) in [4.78, 5) is 0. The Labute approximate surface area is 108 Å². The van der Waals surface area contributed by atoms with Crippen LogP contribution < -0.4 is 5.32 Å². The number of nitrogens with one attached hydrogen (secondary N) is 1. The molecule has 1 N–H and O–H groups in total. The first-order chi connectivity index (χ1) is 8.00. The van der Waals surface area contributed by atoms with E-state index in [9.17, 15) is 4.39 Å². The van der Waals surface area contributed by atoms with Crippen molar-refractivity contribution in [1.29, 1.82) is 0 Å². The molecule has 0 saturated carbocycles. The SMILES string of the molecule is CC(=Cc1c(F)cccc1Cl)CNCC(C)C. The van der Waals surface area contributed by atoms with Crippen LogP contribution in [-0.2, 0) is 0 Å². The van der Waals surface area contributed by atoms with Gasteiger partial charge >= 0.3 is 0 Å². The number of hydrogen-bond donors (Lipinski definition) is 1. The molecule has 17 heavy (non-hydrogen) atoms. The summed E-state index contributed by atoms with van der Waals surface area (Å²) in [5, 5.41) is 3.76. The molecule has 1 aromatic carbocycles. The van der Waals surface area contributed by atoms with Gasteiger partial charge in [-0.05, 0) is 31.5 Å². The van der Waals surface area contributed by atoms with Gasteiger partial charge in [0.15, 0.2) is 0 Å². The smallest absolute Gasteiger partial charge is 0.131 e. The standard InChI is InChI=1S/C14H19ClFN/c1-10(2)8-17-9-11(3)7-12-13(15)5-4-6-14(12)16/h4-7,10,17H,8-9H2,1-3H3. The first-order valence-electron chi connectivity index (χ1n) is 5.82. The van der Waals surface area contributed by atoms with Crippen LogP contribution in [0.3, 0.4) is 0 Å². The van der Waals surface area contributed by atoms with E-state index in [1.165, 1.54) is 6.07 Å². The first-order valence-corrected chi connectivity index (χ1v) is 6.20. The van der Waals surface area contributed by atoms with E-state index < -0.39 is 0 Å². The van der Waals surface area contributed by atoms with Gasteiger partial charge in [-0.25, -0.2) is 4.39 Å². The van der Waals surface area contributed by atoms with Gasteiger partial charge in [0.05, 0.1) is 5.02 Å². The Balaban J connectivity index is 2.67. The summed E-state index contributed by atoms with van der Waals surface area (Å²) in [7, 11) is 0. The van der Waals surface area contributed by atoms with Gasteiger partial charge in [0.25, 0.3) is 0 Å². The number of halogens is 2. The molecule has 1 nitrogen and oxygen atoms in total. The number of benzene rings is 1. The van der Waals surface area contributed by atoms with Gasteiger partial charge in [0, 0.05) is 12.1 Å². The second-order valence-electron chi connectivity index (χ2n) is 4.65. The van der Waals surface area contributed by atoms with E-state index in [4.69, 9.17) is 11.6 Å². The molecule has 94 valence electrons. The van der Waals surface area contributed by atoms with Gasteiger partial charge in [-0.15, -0.1) is 0 Å². The van der Waals surface area contributed by atoms with Gasteiger partial charge < -0.3 is 5.32 Å². The Morgan fingerprint density at radius 1 is 1.47 bits per heavy atom. The summed E-state index contributed by atoms with van der Waals surface area (Å²) in [6.07, 6.45) is 1.80. The van der Waals surface area contributed by atoms with E-state index in [2.05, 4.69) is 19.2 Å². The van der Waals surface area contributed by atoms with Crippen molar-refractivity contribution in [1.82, 2.24) is 5.32 Å². The molecule has 0 radical (unpaired) electrons. The molecule has 0 fully saturated rings. The lowest BCUT2D eigenvalue weighted by Gasteiger charge is -2.08. The molecule has 0 saturated heterocycles. The quantitative estimate of drug-likeness (QED) is 0.834. The van der Waals surface area contributed by atoms with E-state index in [0.29, 0.717) is 16.5 Å². The lowest BCUT2D eigenvalue weighted by Crippen LogP contribution is -2.21. The predicted molar refractivity (Wildman–Crippen MR) is 72.8 cm³/mol. The Morgan fingerprint density at radius 3 is 2.76 bits per heavy atom. The minimum absolute atomic E-state index is 0.277. The van der Waals surface area contributed by atoms with E-state index in [-0.39, 0.29) is 5.82 Å². The largest absolute Gasteiger partial charge is 0.313 e. The van der Waals surface area contributed by atoms with E-state index >= 15 is 0 Å². The molecule has 0 spiro atoms. The summed E-state index contributed by atoms with van der Waals surface area (Å²) in [6.45, 7) is 7.98. The average molecular weight is 256 g/mol. The summed E-state index contributed by atoms with van der Waals surface area (Å²) >= 11 is 5.95. The molecule has 0 bridgehead atoms. The molecule has 0 aliphatic heterocycles. The van der Waals surface area contributed by atoms with E-state index in [1.54, 1.807) is 18.2 Å². The normalized spacial score (nSPS) is 12.2. The molecule has 1 aromatic rings. The van der Waals surface area contributed by atoms with Crippen LogP contribution in [0.25, 0.3) is 6.08 Å². The van der Waals surface area contributed by atoms with Crippen molar-refractivity contribution >= 4 is 17.7 Å². The van der Waals surface area contributed by atoms with Crippen molar-refractivity contribution in [2.45, 2.75) is 20.8 Å². The van der Waals surface area contributed by atoms with Crippen molar-refractivity contribution in [3.63, 3.8) is 0 Å². The third kappa shape index (κ3) is 4.88. The van der Waals surface area contributed by atoms with Gasteiger partial charge in [-0.3, -0.25) is 0 Å². The Hall–Kier alpha value is -0.860. The van der Waals surface area contributed by atoms with Crippen LogP contribution >= 0.6 is 11.6 Å². The van der Waals surface area contributed by atoms with Crippen molar-refractivity contribution < 1.29 is 4.39 Å². The Bertz CT molecular complexity index is 379. The average Bonchev–Trinajstić information content (AvgIpc) is 2.23. The second-order valence-corrected chi connectivity index (χ2v) is 5.06. The van der Waals surface area contributed by atoms with Gasteiger partial charge in [-0.1, -0.05) is 43.2 Å². The third-order valence-corrected chi connectivity index (χ3v) is 2.68. The highest BCUT2D eigenvalue weighted by Crippen LogP contribution is 2.21. The van der Waals surface area contributed by atoms with Crippen molar-refractivity contribution in [3.8, 4) is 0 Å². The predicted octanol–water partition coefficient (Wildman–Crippen LogP) is 4.13. The van der Waals surface area contributed by atoms with Crippen LogP contribution in [0, 0.1) is 11.7 Å². The fraction of sp³-hybridized carbons (Fsp3) is 0.429. The molecular formula is C14H19ClFN. The Morgan fingerprint density at radius 2 is 2.18 bits per heavy atom. The zero-order valence-corrected chi connectivity index (χ0v) is 11.3. The van der Waals surface area contributed by atoms with Crippen LogP contribution in [0.5, 0.6) is 0 Å². The molecule has 0 aromatic heterocycles. The molecule has 0 aliphatic rings. The van der Waals surface area contributed by atoms with E-state index in [0.717, 1.165) is 18.7 Å². The fourth-order valence-electron chi connectivity index (χ4n) is 1.50. The highest BCUT2D eigenvalue weighted by molar-refractivity contribution is 6.32. The van der Waals surface area contributed by atoms with Crippen LogP contribution in [0.2, 0.25) is 5.02 Å². The van der Waals surface area contributed by atoms with Gasteiger partial charge in [-0.2, -0.15) is 0 Å².